The average Bonchev–Trinajstić information content (AvgIpc) is 2.71. The number of carbonyl (C=O) groups is 1. The molecule has 5 nitrogen and oxygen atoms in total. The topological polar surface area (TPSA) is 60.5 Å². The molecule has 0 bridgehead atoms. The van der Waals surface area contributed by atoms with Gasteiger partial charge in [0.05, 0.1) is 26.6 Å². The molecule has 6 heteroatoms. The minimum Gasteiger partial charge on any atom is -0.456 e. The number of nitrogens with one attached hydrogen (secondary N) is 1. The first-order chi connectivity index (χ1) is 14.0. The minimum absolute atomic E-state index is 0.101. The maximum absolute atomic E-state index is 12.6. The summed E-state index contributed by atoms with van der Waals surface area (Å²) in [6, 6.07) is 18.7. The Balaban J connectivity index is 1.67. The lowest BCUT2D eigenvalue weighted by Gasteiger charge is -2.14. The van der Waals surface area contributed by atoms with Gasteiger partial charge in [-0.15, -0.1) is 0 Å². The molecule has 1 unspecified atom stereocenters. The summed E-state index contributed by atoms with van der Waals surface area (Å²) in [4.78, 5) is 17.2. The van der Waals surface area contributed by atoms with Crippen molar-refractivity contribution in [1.82, 2.24) is 4.98 Å². The predicted octanol–water partition coefficient (Wildman–Crippen LogP) is 6.14. The van der Waals surface area contributed by atoms with Gasteiger partial charge in [-0.2, -0.15) is 0 Å². The molecule has 2 aromatic carbocycles. The molecule has 0 aliphatic rings. The molecule has 1 aromatic heterocycles. The second kappa shape index (κ2) is 9.84. The van der Waals surface area contributed by atoms with Gasteiger partial charge in [0.2, 0.25) is 0 Å². The van der Waals surface area contributed by atoms with Gasteiger partial charge in [-0.3, -0.25) is 9.78 Å². The quantitative estimate of drug-likeness (QED) is 0.395. The van der Waals surface area contributed by atoms with E-state index in [4.69, 9.17) is 9.47 Å². The summed E-state index contributed by atoms with van der Waals surface area (Å²) in [7, 11) is 0. The lowest BCUT2D eigenvalue weighted by molar-refractivity contribution is 0.0732. The molecule has 0 aliphatic heterocycles. The number of aromatic nitrogens is 1. The maximum atomic E-state index is 12.6. The van der Waals surface area contributed by atoms with Crippen molar-refractivity contribution in [2.24, 2.45) is 0 Å². The Kier molecular flexibility index (Phi) is 7.22. The molecule has 0 radical (unpaired) electrons. The number of hydrogen-bond donors (Lipinski definition) is 1. The van der Waals surface area contributed by atoms with Crippen molar-refractivity contribution >= 4 is 34.2 Å². The molecule has 0 saturated carbocycles. The number of halogens is 1. The normalized spacial score (nSPS) is 11.7. The van der Waals surface area contributed by atoms with E-state index in [9.17, 15) is 4.79 Å². The molecule has 1 heterocycles. The van der Waals surface area contributed by atoms with Crippen LogP contribution in [0.2, 0.25) is 0 Å². The Morgan fingerprint density at radius 1 is 1.10 bits per heavy atom. The van der Waals surface area contributed by atoms with Crippen LogP contribution in [0.4, 0.5) is 5.69 Å². The zero-order valence-corrected chi connectivity index (χ0v) is 18.8. The summed E-state index contributed by atoms with van der Waals surface area (Å²) in [5.74, 6) is 1.31. The smallest absolute Gasteiger partial charge is 0.257 e. The third kappa shape index (κ3) is 5.55. The van der Waals surface area contributed by atoms with E-state index >= 15 is 0 Å². The van der Waals surface area contributed by atoms with Gasteiger partial charge in [0.25, 0.3) is 5.91 Å². The molecule has 3 rings (SSSR count). The molecule has 0 spiro atoms. The van der Waals surface area contributed by atoms with E-state index in [1.165, 1.54) is 0 Å². The van der Waals surface area contributed by atoms with E-state index in [1.807, 2.05) is 75.4 Å². The number of aryl methyl sites for hydroxylation is 1. The molecule has 29 heavy (non-hydrogen) atoms. The number of benzene rings is 2. The van der Waals surface area contributed by atoms with Crippen LogP contribution in [0, 0.1) is 10.5 Å². The predicted molar refractivity (Wildman–Crippen MR) is 123 cm³/mol. The van der Waals surface area contributed by atoms with Crippen LogP contribution in [0.5, 0.6) is 11.5 Å². The van der Waals surface area contributed by atoms with Crippen LogP contribution in [0.15, 0.2) is 60.7 Å². The summed E-state index contributed by atoms with van der Waals surface area (Å²) >= 11 is 2.23. The summed E-state index contributed by atoms with van der Waals surface area (Å²) in [5.41, 5.74) is 2.72. The number of carbonyl (C=O) groups excluding carboxylic acids is 1. The summed E-state index contributed by atoms with van der Waals surface area (Å²) < 4.78 is 12.5. The molecule has 3 aromatic rings. The Bertz CT molecular complexity index is 990. The lowest BCUT2D eigenvalue weighted by atomic mass is 10.1. The van der Waals surface area contributed by atoms with Gasteiger partial charge >= 0.3 is 0 Å². The molecule has 0 fully saturated rings. The molecular weight excluding hydrogens is 479 g/mol. The monoisotopic (exact) mass is 502 g/mol. The number of pyridine rings is 1. The van der Waals surface area contributed by atoms with Crippen molar-refractivity contribution in [2.75, 3.05) is 11.9 Å². The van der Waals surface area contributed by atoms with E-state index in [-0.39, 0.29) is 12.0 Å². The molecule has 150 valence electrons. The first-order valence-electron chi connectivity index (χ1n) is 9.41. The Hall–Kier alpha value is -2.45. The van der Waals surface area contributed by atoms with Crippen LogP contribution in [-0.2, 0) is 4.74 Å². The van der Waals surface area contributed by atoms with Gasteiger partial charge in [-0.05, 0) is 91.9 Å². The zero-order chi connectivity index (χ0) is 20.8. The van der Waals surface area contributed by atoms with Crippen molar-refractivity contribution < 1.29 is 14.3 Å². The molecule has 0 aliphatic carbocycles. The van der Waals surface area contributed by atoms with E-state index in [0.29, 0.717) is 29.3 Å². The van der Waals surface area contributed by atoms with E-state index in [2.05, 4.69) is 32.9 Å². The molecule has 1 N–H and O–H groups in total. The van der Waals surface area contributed by atoms with Gasteiger partial charge in [-0.25, -0.2) is 0 Å². The fraction of sp³-hybridized carbons (Fsp3) is 0.217. The maximum Gasteiger partial charge on any atom is 0.257 e. The van der Waals surface area contributed by atoms with Crippen LogP contribution in [0.1, 0.15) is 41.7 Å². The summed E-state index contributed by atoms with van der Waals surface area (Å²) in [6.45, 7) is 6.34. The van der Waals surface area contributed by atoms with Crippen molar-refractivity contribution in [1.29, 1.82) is 0 Å². The van der Waals surface area contributed by atoms with Crippen LogP contribution < -0.4 is 10.1 Å². The highest BCUT2D eigenvalue weighted by atomic mass is 127. The average molecular weight is 502 g/mol. The summed E-state index contributed by atoms with van der Waals surface area (Å²) in [5, 5.41) is 2.91. The third-order valence-corrected chi connectivity index (χ3v) is 5.25. The van der Waals surface area contributed by atoms with Crippen molar-refractivity contribution in [3.05, 3.63) is 81.2 Å². The third-order valence-electron chi connectivity index (χ3n) is 4.36. The minimum atomic E-state index is -0.197. The highest BCUT2D eigenvalue weighted by Gasteiger charge is 2.14. The van der Waals surface area contributed by atoms with E-state index < -0.39 is 0 Å². The van der Waals surface area contributed by atoms with Gasteiger partial charge in [0.1, 0.15) is 11.5 Å². The zero-order valence-electron chi connectivity index (χ0n) is 16.6. The fourth-order valence-corrected chi connectivity index (χ4v) is 3.34. The molecule has 1 amide bonds. The Morgan fingerprint density at radius 2 is 1.83 bits per heavy atom. The lowest BCUT2D eigenvalue weighted by Crippen LogP contribution is -2.15. The highest BCUT2D eigenvalue weighted by Crippen LogP contribution is 2.27. The first-order valence-corrected chi connectivity index (χ1v) is 10.5. The van der Waals surface area contributed by atoms with Gasteiger partial charge < -0.3 is 14.8 Å². The number of anilines is 1. The molecule has 1 atom stereocenters. The second-order valence-electron chi connectivity index (χ2n) is 6.48. The summed E-state index contributed by atoms with van der Waals surface area (Å²) in [6.07, 6.45) is -0.101. The van der Waals surface area contributed by atoms with E-state index in [1.54, 1.807) is 6.07 Å². The van der Waals surface area contributed by atoms with Gasteiger partial charge in [0.15, 0.2) is 0 Å². The number of amides is 1. The standard InChI is InChI=1S/C23H23IN2O3/c1-4-28-16(3)21-14-13-19(15(2)25-21)23(27)26-17-9-11-18(12-10-17)29-22-8-6-5-7-20(22)24/h5-14,16H,4H2,1-3H3,(H,26,27). The van der Waals surface area contributed by atoms with Crippen LogP contribution in [0.3, 0.4) is 0 Å². The SMILES string of the molecule is CCOC(C)c1ccc(C(=O)Nc2ccc(Oc3ccccc3I)cc2)c(C)n1. The van der Waals surface area contributed by atoms with E-state index in [0.717, 1.165) is 15.0 Å². The van der Waals surface area contributed by atoms with Gasteiger partial charge in [-0.1, -0.05) is 12.1 Å². The number of para-hydroxylation sites is 1. The van der Waals surface area contributed by atoms with Gasteiger partial charge in [0, 0.05) is 12.3 Å². The Morgan fingerprint density at radius 3 is 2.48 bits per heavy atom. The largest absolute Gasteiger partial charge is 0.456 e. The van der Waals surface area contributed by atoms with Crippen LogP contribution in [0.25, 0.3) is 0 Å². The Labute approximate surface area is 184 Å². The molecular formula is C23H23IN2O3. The number of nitrogens with zero attached hydrogens (tertiary/aromatic N) is 1. The molecule has 0 saturated heterocycles. The number of ether oxygens (including phenoxy) is 2. The number of hydrogen-bond acceptors (Lipinski definition) is 4. The van der Waals surface area contributed by atoms with Crippen LogP contribution in [-0.4, -0.2) is 17.5 Å². The second-order valence-corrected chi connectivity index (χ2v) is 7.64. The first kappa shape index (κ1) is 21.3. The number of rotatable bonds is 7. The van der Waals surface area contributed by atoms with Crippen molar-refractivity contribution in [3.8, 4) is 11.5 Å². The fourth-order valence-electron chi connectivity index (χ4n) is 2.84. The van der Waals surface area contributed by atoms with Crippen LogP contribution >= 0.6 is 22.6 Å². The van der Waals surface area contributed by atoms with Crippen molar-refractivity contribution in [2.45, 2.75) is 26.9 Å². The van der Waals surface area contributed by atoms with Crippen molar-refractivity contribution in [3.63, 3.8) is 0 Å². The highest BCUT2D eigenvalue weighted by molar-refractivity contribution is 14.1.